The topological polar surface area (TPSA) is 26.0 Å². The Labute approximate surface area is 82.1 Å². The summed E-state index contributed by atoms with van der Waals surface area (Å²) >= 11 is 3.54. The average molecular weight is 228 g/mol. The fourth-order valence-electron chi connectivity index (χ4n) is 1.15. The van der Waals surface area contributed by atoms with E-state index >= 15 is 0 Å². The molecule has 1 aromatic rings. The Kier molecular flexibility index (Phi) is 3.76. The van der Waals surface area contributed by atoms with Crippen molar-refractivity contribution < 1.29 is 0 Å². The van der Waals surface area contributed by atoms with Gasteiger partial charge in [-0.1, -0.05) is 28.1 Å². The summed E-state index contributed by atoms with van der Waals surface area (Å²) < 4.78 is 1.20. The molecule has 2 heteroatoms. The molecule has 0 aliphatic heterocycles. The number of aryl methyl sites for hydroxylation is 2. The summed E-state index contributed by atoms with van der Waals surface area (Å²) in [6, 6.07) is 6.44. The van der Waals surface area contributed by atoms with Gasteiger partial charge in [0.15, 0.2) is 0 Å². The van der Waals surface area contributed by atoms with E-state index in [0.29, 0.717) is 0 Å². The van der Waals surface area contributed by atoms with Gasteiger partial charge in [-0.05, 0) is 43.5 Å². The summed E-state index contributed by atoms with van der Waals surface area (Å²) in [6.07, 6.45) is 2.12. The van der Waals surface area contributed by atoms with Gasteiger partial charge in [-0.15, -0.1) is 0 Å². The largest absolute Gasteiger partial charge is 0.330 e. The van der Waals surface area contributed by atoms with E-state index in [1.54, 1.807) is 0 Å². The molecule has 0 aliphatic rings. The fraction of sp³-hybridized carbons (Fsp3) is 0.400. The van der Waals surface area contributed by atoms with Gasteiger partial charge in [0.2, 0.25) is 0 Å². The van der Waals surface area contributed by atoms with Crippen LogP contribution >= 0.6 is 15.9 Å². The van der Waals surface area contributed by atoms with Gasteiger partial charge in [0.25, 0.3) is 0 Å². The van der Waals surface area contributed by atoms with Crippen molar-refractivity contribution in [3.63, 3.8) is 0 Å². The van der Waals surface area contributed by atoms with Crippen LogP contribution in [0.25, 0.3) is 0 Å². The molecule has 1 rings (SSSR count). The zero-order valence-corrected chi connectivity index (χ0v) is 8.89. The highest BCUT2D eigenvalue weighted by atomic mass is 79.9. The number of benzene rings is 1. The van der Waals surface area contributed by atoms with Crippen molar-refractivity contribution in [1.29, 1.82) is 0 Å². The van der Waals surface area contributed by atoms with E-state index in [0.717, 1.165) is 19.4 Å². The number of halogens is 1. The Morgan fingerprint density at radius 1 is 1.42 bits per heavy atom. The lowest BCUT2D eigenvalue weighted by Gasteiger charge is -2.03. The van der Waals surface area contributed by atoms with Crippen molar-refractivity contribution in [2.45, 2.75) is 19.8 Å². The normalized spacial score (nSPS) is 10.2. The summed E-state index contributed by atoms with van der Waals surface area (Å²) in [5, 5.41) is 0. The molecule has 66 valence electrons. The third-order valence-electron chi connectivity index (χ3n) is 1.86. The molecule has 0 unspecified atom stereocenters. The number of hydrogen-bond donors (Lipinski definition) is 1. The molecule has 0 spiro atoms. The predicted molar refractivity (Wildman–Crippen MR) is 56.3 cm³/mol. The first-order valence-electron chi connectivity index (χ1n) is 4.19. The minimum Gasteiger partial charge on any atom is -0.330 e. The molecule has 0 aliphatic carbocycles. The highest BCUT2D eigenvalue weighted by Gasteiger charge is 1.98. The molecular formula is C10H14BrN. The standard InChI is InChI=1S/C10H14BrN/c1-8-4-5-9(3-2-6-12)10(11)7-8/h4-5,7H,2-3,6,12H2,1H3. The van der Waals surface area contributed by atoms with Crippen LogP contribution in [0.3, 0.4) is 0 Å². The van der Waals surface area contributed by atoms with Crippen molar-refractivity contribution in [1.82, 2.24) is 0 Å². The first-order valence-corrected chi connectivity index (χ1v) is 4.98. The van der Waals surface area contributed by atoms with Crippen LogP contribution in [0.4, 0.5) is 0 Å². The molecule has 2 N–H and O–H groups in total. The Morgan fingerprint density at radius 2 is 2.17 bits per heavy atom. The maximum Gasteiger partial charge on any atom is 0.0209 e. The second-order valence-corrected chi connectivity index (χ2v) is 3.84. The molecule has 0 fully saturated rings. The van der Waals surface area contributed by atoms with Gasteiger partial charge in [0.05, 0.1) is 0 Å². The van der Waals surface area contributed by atoms with Crippen LogP contribution in [0.5, 0.6) is 0 Å². The Morgan fingerprint density at radius 3 is 2.75 bits per heavy atom. The summed E-state index contributed by atoms with van der Waals surface area (Å²) in [6.45, 7) is 2.86. The summed E-state index contributed by atoms with van der Waals surface area (Å²) in [5.74, 6) is 0. The van der Waals surface area contributed by atoms with Crippen LogP contribution in [-0.4, -0.2) is 6.54 Å². The van der Waals surface area contributed by atoms with Crippen LogP contribution in [0.15, 0.2) is 22.7 Å². The van der Waals surface area contributed by atoms with E-state index in [1.165, 1.54) is 15.6 Å². The zero-order chi connectivity index (χ0) is 8.97. The van der Waals surface area contributed by atoms with Gasteiger partial charge in [0, 0.05) is 4.47 Å². The van der Waals surface area contributed by atoms with Crippen LogP contribution in [0.2, 0.25) is 0 Å². The van der Waals surface area contributed by atoms with E-state index in [2.05, 4.69) is 41.1 Å². The molecule has 0 bridgehead atoms. The Hall–Kier alpha value is -0.340. The molecule has 0 heterocycles. The van der Waals surface area contributed by atoms with Crippen molar-refractivity contribution >= 4 is 15.9 Å². The first kappa shape index (κ1) is 9.75. The van der Waals surface area contributed by atoms with Gasteiger partial charge < -0.3 is 5.73 Å². The number of nitrogens with two attached hydrogens (primary N) is 1. The van der Waals surface area contributed by atoms with Crippen LogP contribution in [-0.2, 0) is 6.42 Å². The molecule has 0 radical (unpaired) electrons. The number of rotatable bonds is 3. The molecule has 0 atom stereocenters. The molecule has 0 saturated heterocycles. The van der Waals surface area contributed by atoms with E-state index in [-0.39, 0.29) is 0 Å². The molecular weight excluding hydrogens is 214 g/mol. The maximum absolute atomic E-state index is 5.44. The molecule has 0 amide bonds. The monoisotopic (exact) mass is 227 g/mol. The summed E-state index contributed by atoms with van der Waals surface area (Å²) in [4.78, 5) is 0. The lowest BCUT2D eigenvalue weighted by atomic mass is 10.1. The number of hydrogen-bond acceptors (Lipinski definition) is 1. The third-order valence-corrected chi connectivity index (χ3v) is 2.60. The lowest BCUT2D eigenvalue weighted by molar-refractivity contribution is 0.829. The quantitative estimate of drug-likeness (QED) is 0.845. The molecule has 0 saturated carbocycles. The Balaban J connectivity index is 2.72. The highest BCUT2D eigenvalue weighted by molar-refractivity contribution is 9.10. The van der Waals surface area contributed by atoms with Gasteiger partial charge in [-0.25, -0.2) is 0 Å². The smallest absolute Gasteiger partial charge is 0.0209 e. The van der Waals surface area contributed by atoms with Gasteiger partial charge in [-0.2, -0.15) is 0 Å². The maximum atomic E-state index is 5.44. The van der Waals surface area contributed by atoms with E-state index in [9.17, 15) is 0 Å². The molecule has 1 nitrogen and oxygen atoms in total. The fourth-order valence-corrected chi connectivity index (χ4v) is 1.84. The molecule has 12 heavy (non-hydrogen) atoms. The van der Waals surface area contributed by atoms with E-state index < -0.39 is 0 Å². The lowest BCUT2D eigenvalue weighted by Crippen LogP contribution is -2.00. The van der Waals surface area contributed by atoms with E-state index in [1.807, 2.05) is 0 Å². The van der Waals surface area contributed by atoms with Gasteiger partial charge in [0.1, 0.15) is 0 Å². The van der Waals surface area contributed by atoms with Gasteiger partial charge in [-0.3, -0.25) is 0 Å². The van der Waals surface area contributed by atoms with Gasteiger partial charge >= 0.3 is 0 Å². The highest BCUT2D eigenvalue weighted by Crippen LogP contribution is 2.19. The predicted octanol–water partition coefficient (Wildman–Crippen LogP) is 2.65. The molecule has 1 aromatic carbocycles. The Bertz CT molecular complexity index is 258. The van der Waals surface area contributed by atoms with Crippen molar-refractivity contribution in [2.24, 2.45) is 5.73 Å². The minimum atomic E-state index is 0.764. The first-order chi connectivity index (χ1) is 5.74. The SMILES string of the molecule is Cc1ccc(CCCN)c(Br)c1. The minimum absolute atomic E-state index is 0.764. The summed E-state index contributed by atoms with van der Waals surface area (Å²) in [7, 11) is 0. The van der Waals surface area contributed by atoms with E-state index in [4.69, 9.17) is 5.73 Å². The second-order valence-electron chi connectivity index (χ2n) is 2.99. The summed E-state index contributed by atoms with van der Waals surface area (Å²) in [5.41, 5.74) is 8.08. The van der Waals surface area contributed by atoms with Crippen molar-refractivity contribution in [3.05, 3.63) is 33.8 Å². The zero-order valence-electron chi connectivity index (χ0n) is 7.31. The molecule has 0 aromatic heterocycles. The van der Waals surface area contributed by atoms with Crippen LogP contribution in [0.1, 0.15) is 17.5 Å². The second kappa shape index (κ2) is 4.63. The third kappa shape index (κ3) is 2.61. The van der Waals surface area contributed by atoms with Crippen molar-refractivity contribution in [2.75, 3.05) is 6.54 Å². The van der Waals surface area contributed by atoms with Crippen molar-refractivity contribution in [3.8, 4) is 0 Å². The van der Waals surface area contributed by atoms with Crippen LogP contribution < -0.4 is 5.73 Å². The average Bonchev–Trinajstić information content (AvgIpc) is 2.03. The van der Waals surface area contributed by atoms with Crippen LogP contribution in [0, 0.1) is 6.92 Å².